The monoisotopic (exact) mass is 300 g/mol. The molecule has 2 rings (SSSR count). The van der Waals surface area contributed by atoms with Crippen molar-refractivity contribution >= 4 is 17.3 Å². The van der Waals surface area contributed by atoms with Crippen molar-refractivity contribution in [1.82, 2.24) is 0 Å². The topological polar surface area (TPSA) is 72.7 Å². The van der Waals surface area contributed by atoms with Crippen LogP contribution in [0.5, 0.6) is 5.75 Å². The van der Waals surface area contributed by atoms with Gasteiger partial charge >= 0.3 is 0 Å². The SMILES string of the molecule is C[C@@H](Oc1cccc([N+](=O)[O-])c1)C(=O)N(C)c1ccccc1. The molecule has 0 spiro atoms. The Morgan fingerprint density at radius 3 is 2.50 bits per heavy atom. The first-order chi connectivity index (χ1) is 10.5. The number of nitrogens with zero attached hydrogens (tertiary/aromatic N) is 2. The zero-order valence-corrected chi connectivity index (χ0v) is 12.3. The lowest BCUT2D eigenvalue weighted by molar-refractivity contribution is -0.384. The molecule has 0 saturated heterocycles. The smallest absolute Gasteiger partial charge is 0.273 e. The van der Waals surface area contributed by atoms with Crippen molar-refractivity contribution in [2.45, 2.75) is 13.0 Å². The summed E-state index contributed by atoms with van der Waals surface area (Å²) in [5.41, 5.74) is 0.676. The van der Waals surface area contributed by atoms with Gasteiger partial charge in [0.1, 0.15) is 5.75 Å². The highest BCUT2D eigenvalue weighted by atomic mass is 16.6. The van der Waals surface area contributed by atoms with Gasteiger partial charge in [-0.15, -0.1) is 0 Å². The third kappa shape index (κ3) is 3.60. The van der Waals surface area contributed by atoms with Crippen LogP contribution in [0.3, 0.4) is 0 Å². The van der Waals surface area contributed by atoms with Crippen LogP contribution in [0.15, 0.2) is 54.6 Å². The number of ether oxygens (including phenoxy) is 1. The number of anilines is 1. The van der Waals surface area contributed by atoms with Crippen LogP contribution in [0.1, 0.15) is 6.92 Å². The van der Waals surface area contributed by atoms with Crippen LogP contribution in [0.2, 0.25) is 0 Å². The maximum absolute atomic E-state index is 12.3. The molecule has 0 aliphatic carbocycles. The number of carbonyl (C=O) groups excluding carboxylic acids is 1. The molecule has 114 valence electrons. The first-order valence-corrected chi connectivity index (χ1v) is 6.73. The first kappa shape index (κ1) is 15.5. The minimum atomic E-state index is -0.757. The van der Waals surface area contributed by atoms with E-state index in [4.69, 9.17) is 4.74 Å². The predicted octanol–water partition coefficient (Wildman–Crippen LogP) is 3.03. The quantitative estimate of drug-likeness (QED) is 0.628. The summed E-state index contributed by atoms with van der Waals surface area (Å²) in [6.45, 7) is 1.61. The molecule has 1 atom stereocenters. The highest BCUT2D eigenvalue weighted by molar-refractivity contribution is 5.95. The second-order valence-electron chi connectivity index (χ2n) is 4.75. The number of non-ortho nitro benzene ring substituents is 1. The summed E-state index contributed by atoms with van der Waals surface area (Å²) in [5, 5.41) is 10.7. The standard InChI is InChI=1S/C16H16N2O4/c1-12(16(19)17(2)13-7-4-3-5-8-13)22-15-10-6-9-14(11-15)18(20)21/h3-12H,1-2H3/t12-/m1/s1. The van der Waals surface area contributed by atoms with Gasteiger partial charge in [-0.1, -0.05) is 24.3 Å². The number of carbonyl (C=O) groups is 1. The summed E-state index contributed by atoms with van der Waals surface area (Å²) in [5.74, 6) is 0.0502. The molecule has 0 aliphatic heterocycles. The highest BCUT2D eigenvalue weighted by Gasteiger charge is 2.21. The number of likely N-dealkylation sites (N-methyl/N-ethyl adjacent to an activating group) is 1. The zero-order chi connectivity index (χ0) is 16.1. The fourth-order valence-corrected chi connectivity index (χ4v) is 1.98. The van der Waals surface area contributed by atoms with E-state index >= 15 is 0 Å². The average Bonchev–Trinajstić information content (AvgIpc) is 2.54. The number of rotatable bonds is 5. The molecular weight excluding hydrogens is 284 g/mol. The molecular formula is C16H16N2O4. The largest absolute Gasteiger partial charge is 0.481 e. The molecule has 0 heterocycles. The Morgan fingerprint density at radius 1 is 1.18 bits per heavy atom. The summed E-state index contributed by atoms with van der Waals surface area (Å²) in [7, 11) is 1.66. The van der Waals surface area contributed by atoms with E-state index in [1.54, 1.807) is 20.0 Å². The van der Waals surface area contributed by atoms with Gasteiger partial charge in [-0.05, 0) is 25.1 Å². The second kappa shape index (κ2) is 6.71. The van der Waals surface area contributed by atoms with Gasteiger partial charge in [-0.25, -0.2) is 0 Å². The van der Waals surface area contributed by atoms with Crippen LogP contribution in [0.25, 0.3) is 0 Å². The molecule has 6 nitrogen and oxygen atoms in total. The lowest BCUT2D eigenvalue weighted by Gasteiger charge is -2.22. The fourth-order valence-electron chi connectivity index (χ4n) is 1.98. The number of nitro groups is 1. The maximum atomic E-state index is 12.3. The van der Waals surface area contributed by atoms with Crippen LogP contribution in [0.4, 0.5) is 11.4 Å². The Kier molecular flexibility index (Phi) is 4.73. The summed E-state index contributed by atoms with van der Waals surface area (Å²) in [6.07, 6.45) is -0.757. The summed E-state index contributed by atoms with van der Waals surface area (Å²) < 4.78 is 5.51. The maximum Gasteiger partial charge on any atom is 0.273 e. The van der Waals surface area contributed by atoms with E-state index in [9.17, 15) is 14.9 Å². The van der Waals surface area contributed by atoms with Crippen LogP contribution >= 0.6 is 0 Å². The van der Waals surface area contributed by atoms with Crippen molar-refractivity contribution in [2.24, 2.45) is 0 Å². The number of amides is 1. The van der Waals surface area contributed by atoms with E-state index in [0.29, 0.717) is 0 Å². The minimum Gasteiger partial charge on any atom is -0.481 e. The molecule has 6 heteroatoms. The molecule has 0 radical (unpaired) electrons. The Hall–Kier alpha value is -2.89. The molecule has 0 saturated carbocycles. The molecule has 0 aromatic heterocycles. The van der Waals surface area contributed by atoms with E-state index in [-0.39, 0.29) is 17.3 Å². The van der Waals surface area contributed by atoms with Crippen molar-refractivity contribution in [3.8, 4) is 5.75 Å². The van der Waals surface area contributed by atoms with E-state index in [1.807, 2.05) is 30.3 Å². The van der Waals surface area contributed by atoms with Crippen LogP contribution < -0.4 is 9.64 Å². The first-order valence-electron chi connectivity index (χ1n) is 6.73. The number of hydrogen-bond acceptors (Lipinski definition) is 4. The van der Waals surface area contributed by atoms with Crippen LogP contribution in [0, 0.1) is 10.1 Å². The number of para-hydroxylation sites is 1. The van der Waals surface area contributed by atoms with E-state index in [2.05, 4.69) is 0 Å². The van der Waals surface area contributed by atoms with Gasteiger partial charge < -0.3 is 9.64 Å². The zero-order valence-electron chi connectivity index (χ0n) is 12.3. The molecule has 2 aromatic rings. The lowest BCUT2D eigenvalue weighted by Crippen LogP contribution is -2.37. The summed E-state index contributed by atoms with van der Waals surface area (Å²) in [6, 6.07) is 14.9. The van der Waals surface area contributed by atoms with E-state index < -0.39 is 11.0 Å². The van der Waals surface area contributed by atoms with Gasteiger partial charge in [0.25, 0.3) is 11.6 Å². The van der Waals surface area contributed by atoms with Crippen molar-refractivity contribution in [3.05, 3.63) is 64.7 Å². The molecule has 22 heavy (non-hydrogen) atoms. The summed E-state index contributed by atoms with van der Waals surface area (Å²) >= 11 is 0. The van der Waals surface area contributed by atoms with Gasteiger partial charge in [-0.2, -0.15) is 0 Å². The van der Waals surface area contributed by atoms with Gasteiger partial charge in [0, 0.05) is 18.8 Å². The minimum absolute atomic E-state index is 0.0754. The number of hydrogen-bond donors (Lipinski definition) is 0. The Labute approximate surface area is 128 Å². The molecule has 2 aromatic carbocycles. The number of benzene rings is 2. The van der Waals surface area contributed by atoms with Gasteiger partial charge in [-0.3, -0.25) is 14.9 Å². The average molecular weight is 300 g/mol. The van der Waals surface area contributed by atoms with Crippen molar-refractivity contribution in [2.75, 3.05) is 11.9 Å². The van der Waals surface area contributed by atoms with Crippen LogP contribution in [-0.4, -0.2) is 24.0 Å². The van der Waals surface area contributed by atoms with E-state index in [1.165, 1.54) is 23.1 Å². The van der Waals surface area contributed by atoms with Crippen LogP contribution in [-0.2, 0) is 4.79 Å². The third-order valence-electron chi connectivity index (χ3n) is 3.16. The van der Waals surface area contributed by atoms with Crippen molar-refractivity contribution in [3.63, 3.8) is 0 Å². The fraction of sp³-hybridized carbons (Fsp3) is 0.188. The molecule has 1 amide bonds. The molecule has 0 aliphatic rings. The normalized spacial score (nSPS) is 11.5. The lowest BCUT2D eigenvalue weighted by atomic mass is 10.2. The Morgan fingerprint density at radius 2 is 1.86 bits per heavy atom. The number of nitro benzene ring substituents is 1. The predicted molar refractivity (Wildman–Crippen MR) is 83.0 cm³/mol. The van der Waals surface area contributed by atoms with Crippen molar-refractivity contribution < 1.29 is 14.5 Å². The Balaban J connectivity index is 2.08. The van der Waals surface area contributed by atoms with E-state index in [0.717, 1.165) is 5.69 Å². The molecule has 0 unspecified atom stereocenters. The van der Waals surface area contributed by atoms with Gasteiger partial charge in [0.05, 0.1) is 11.0 Å². The van der Waals surface area contributed by atoms with Gasteiger partial charge in [0.2, 0.25) is 0 Å². The molecule has 0 bridgehead atoms. The molecule has 0 fully saturated rings. The van der Waals surface area contributed by atoms with Gasteiger partial charge in [0.15, 0.2) is 6.10 Å². The third-order valence-corrected chi connectivity index (χ3v) is 3.16. The highest BCUT2D eigenvalue weighted by Crippen LogP contribution is 2.21. The molecule has 0 N–H and O–H groups in total. The van der Waals surface area contributed by atoms with Crippen molar-refractivity contribution in [1.29, 1.82) is 0 Å². The Bertz CT molecular complexity index is 673. The summed E-state index contributed by atoms with van der Waals surface area (Å²) in [4.78, 5) is 24.1. The second-order valence-corrected chi connectivity index (χ2v) is 4.75.